The molecule has 4 heteroatoms. The van der Waals surface area contributed by atoms with E-state index in [1.54, 1.807) is 12.1 Å². The second-order valence-electron chi connectivity index (χ2n) is 6.31. The third kappa shape index (κ3) is 3.94. The lowest BCUT2D eigenvalue weighted by atomic mass is 9.85. The number of benzene rings is 1. The first kappa shape index (κ1) is 15.7. The molecule has 0 amide bonds. The topological polar surface area (TPSA) is 23.5 Å². The maximum Gasteiger partial charge on any atom is 0.145 e. The SMILES string of the molecule is CC(C)CN1CCC(O)(Cc2cccc(Cl)c2F)CC1. The van der Waals surface area contributed by atoms with Crippen molar-refractivity contribution < 1.29 is 9.50 Å². The Balaban J connectivity index is 1.98. The molecule has 0 aliphatic carbocycles. The zero-order valence-electron chi connectivity index (χ0n) is 12.2. The number of nitrogens with zero attached hydrogens (tertiary/aromatic N) is 1. The van der Waals surface area contributed by atoms with E-state index in [9.17, 15) is 9.50 Å². The van der Waals surface area contributed by atoms with E-state index in [2.05, 4.69) is 18.7 Å². The lowest BCUT2D eigenvalue weighted by molar-refractivity contribution is -0.0232. The molecule has 1 aliphatic rings. The summed E-state index contributed by atoms with van der Waals surface area (Å²) in [5.74, 6) is 0.235. The van der Waals surface area contributed by atoms with Crippen molar-refractivity contribution in [2.24, 2.45) is 5.92 Å². The van der Waals surface area contributed by atoms with Crippen molar-refractivity contribution in [1.29, 1.82) is 0 Å². The molecular formula is C16H23ClFNO. The molecule has 20 heavy (non-hydrogen) atoms. The number of piperidine rings is 1. The summed E-state index contributed by atoms with van der Waals surface area (Å²) in [5.41, 5.74) is -0.295. The predicted octanol–water partition coefficient (Wildman–Crippen LogP) is 3.50. The fourth-order valence-corrected chi connectivity index (χ4v) is 3.08. The minimum Gasteiger partial charge on any atom is -0.389 e. The highest BCUT2D eigenvalue weighted by atomic mass is 35.5. The zero-order valence-corrected chi connectivity index (χ0v) is 13.0. The van der Waals surface area contributed by atoms with Gasteiger partial charge < -0.3 is 10.0 Å². The quantitative estimate of drug-likeness (QED) is 0.920. The van der Waals surface area contributed by atoms with Crippen molar-refractivity contribution in [2.75, 3.05) is 19.6 Å². The van der Waals surface area contributed by atoms with Gasteiger partial charge in [0.2, 0.25) is 0 Å². The molecule has 0 aromatic heterocycles. The smallest absolute Gasteiger partial charge is 0.145 e. The van der Waals surface area contributed by atoms with Crippen LogP contribution in [0.5, 0.6) is 0 Å². The van der Waals surface area contributed by atoms with E-state index in [0.29, 0.717) is 30.7 Å². The van der Waals surface area contributed by atoms with Gasteiger partial charge in [-0.2, -0.15) is 0 Å². The van der Waals surface area contributed by atoms with Gasteiger partial charge in [0.05, 0.1) is 10.6 Å². The van der Waals surface area contributed by atoms with E-state index >= 15 is 0 Å². The van der Waals surface area contributed by atoms with Crippen molar-refractivity contribution in [3.63, 3.8) is 0 Å². The number of hydrogen-bond donors (Lipinski definition) is 1. The van der Waals surface area contributed by atoms with Crippen molar-refractivity contribution in [3.8, 4) is 0 Å². The number of likely N-dealkylation sites (tertiary alicyclic amines) is 1. The van der Waals surface area contributed by atoms with Gasteiger partial charge in [0.15, 0.2) is 0 Å². The number of halogens is 2. The highest BCUT2D eigenvalue weighted by molar-refractivity contribution is 6.30. The van der Waals surface area contributed by atoms with Crippen molar-refractivity contribution in [2.45, 2.75) is 38.7 Å². The van der Waals surface area contributed by atoms with Gasteiger partial charge in [-0.15, -0.1) is 0 Å². The number of rotatable bonds is 4. The Morgan fingerprint density at radius 1 is 1.35 bits per heavy atom. The van der Waals surface area contributed by atoms with E-state index in [1.165, 1.54) is 6.07 Å². The average Bonchev–Trinajstić information content (AvgIpc) is 2.38. The van der Waals surface area contributed by atoms with Crippen LogP contribution in [0.15, 0.2) is 18.2 Å². The molecule has 0 unspecified atom stereocenters. The Labute approximate surface area is 125 Å². The third-order valence-electron chi connectivity index (χ3n) is 3.96. The summed E-state index contributed by atoms with van der Waals surface area (Å²) in [6, 6.07) is 4.98. The summed E-state index contributed by atoms with van der Waals surface area (Å²) in [4.78, 5) is 2.37. The molecule has 0 saturated carbocycles. The van der Waals surface area contributed by atoms with Crippen LogP contribution >= 0.6 is 11.6 Å². The lowest BCUT2D eigenvalue weighted by Crippen LogP contribution is -2.46. The summed E-state index contributed by atoms with van der Waals surface area (Å²) in [6.07, 6.45) is 1.71. The summed E-state index contributed by atoms with van der Waals surface area (Å²) < 4.78 is 13.9. The number of aliphatic hydroxyl groups is 1. The molecule has 2 rings (SSSR count). The van der Waals surface area contributed by atoms with Gasteiger partial charge in [-0.1, -0.05) is 37.6 Å². The van der Waals surface area contributed by atoms with Gasteiger partial charge in [-0.3, -0.25) is 0 Å². The Bertz CT molecular complexity index is 456. The molecule has 1 N–H and O–H groups in total. The number of hydrogen-bond acceptors (Lipinski definition) is 2. The first-order valence-corrected chi connectivity index (χ1v) is 7.65. The first-order chi connectivity index (χ1) is 9.39. The fourth-order valence-electron chi connectivity index (χ4n) is 2.88. The van der Waals surface area contributed by atoms with Crippen molar-refractivity contribution in [1.82, 2.24) is 4.90 Å². The highest BCUT2D eigenvalue weighted by Crippen LogP contribution is 2.29. The van der Waals surface area contributed by atoms with Gasteiger partial charge in [-0.05, 0) is 30.4 Å². The molecule has 1 aliphatic heterocycles. The maximum atomic E-state index is 13.9. The van der Waals surface area contributed by atoms with Crippen LogP contribution in [0.1, 0.15) is 32.3 Å². The molecule has 1 saturated heterocycles. The summed E-state index contributed by atoms with van der Waals surface area (Å²) in [6.45, 7) is 7.19. The standard InChI is InChI=1S/C16H23ClFNO/c1-12(2)11-19-8-6-16(20,7-9-19)10-13-4-3-5-14(17)15(13)18/h3-5,12,20H,6-11H2,1-2H3. The summed E-state index contributed by atoms with van der Waals surface area (Å²) >= 11 is 5.79. The average molecular weight is 300 g/mol. The van der Waals surface area contributed by atoms with Crippen LogP contribution < -0.4 is 0 Å². The third-order valence-corrected chi connectivity index (χ3v) is 4.25. The Kier molecular flexibility index (Phi) is 5.05. The van der Waals surface area contributed by atoms with Crippen molar-refractivity contribution in [3.05, 3.63) is 34.6 Å². The molecule has 1 heterocycles. The second kappa shape index (κ2) is 6.42. The molecule has 0 spiro atoms. The Hall–Kier alpha value is -0.640. The summed E-state index contributed by atoms with van der Waals surface area (Å²) in [5, 5.41) is 10.8. The molecule has 1 fully saturated rings. The van der Waals surface area contributed by atoms with Crippen LogP contribution in [0.4, 0.5) is 4.39 Å². The van der Waals surface area contributed by atoms with E-state index < -0.39 is 11.4 Å². The van der Waals surface area contributed by atoms with Crippen LogP contribution in [0.3, 0.4) is 0 Å². The van der Waals surface area contributed by atoms with Crippen LogP contribution in [0.25, 0.3) is 0 Å². The molecule has 2 nitrogen and oxygen atoms in total. The van der Waals surface area contributed by atoms with Gasteiger partial charge >= 0.3 is 0 Å². The largest absolute Gasteiger partial charge is 0.389 e. The molecule has 1 aromatic carbocycles. The highest BCUT2D eigenvalue weighted by Gasteiger charge is 2.33. The minimum absolute atomic E-state index is 0.128. The van der Waals surface area contributed by atoms with Gasteiger partial charge in [0.25, 0.3) is 0 Å². The van der Waals surface area contributed by atoms with E-state index in [1.807, 2.05) is 0 Å². The molecular weight excluding hydrogens is 277 g/mol. The zero-order chi connectivity index (χ0) is 14.8. The first-order valence-electron chi connectivity index (χ1n) is 7.27. The minimum atomic E-state index is -0.807. The monoisotopic (exact) mass is 299 g/mol. The normalized spacial score (nSPS) is 19.5. The van der Waals surface area contributed by atoms with E-state index in [4.69, 9.17) is 11.6 Å². The molecule has 1 aromatic rings. The van der Waals surface area contributed by atoms with Gasteiger partial charge in [0, 0.05) is 26.1 Å². The van der Waals surface area contributed by atoms with Crippen LogP contribution in [-0.4, -0.2) is 35.2 Å². The van der Waals surface area contributed by atoms with E-state index in [-0.39, 0.29) is 5.02 Å². The molecule has 0 atom stereocenters. The summed E-state index contributed by atoms with van der Waals surface area (Å²) in [7, 11) is 0. The molecule has 0 bridgehead atoms. The molecule has 0 radical (unpaired) electrons. The van der Waals surface area contributed by atoms with Crippen LogP contribution in [0.2, 0.25) is 5.02 Å². The fraction of sp³-hybridized carbons (Fsp3) is 0.625. The van der Waals surface area contributed by atoms with Gasteiger partial charge in [-0.25, -0.2) is 4.39 Å². The maximum absolute atomic E-state index is 13.9. The predicted molar refractivity (Wildman–Crippen MR) is 80.6 cm³/mol. The van der Waals surface area contributed by atoms with Crippen molar-refractivity contribution >= 4 is 11.6 Å². The van der Waals surface area contributed by atoms with Gasteiger partial charge in [0.1, 0.15) is 5.82 Å². The lowest BCUT2D eigenvalue weighted by Gasteiger charge is -2.39. The Morgan fingerprint density at radius 3 is 2.60 bits per heavy atom. The Morgan fingerprint density at radius 2 is 2.00 bits per heavy atom. The van der Waals surface area contributed by atoms with E-state index in [0.717, 1.165) is 19.6 Å². The van der Waals surface area contributed by atoms with Crippen LogP contribution in [0, 0.1) is 11.7 Å². The van der Waals surface area contributed by atoms with Crippen LogP contribution in [-0.2, 0) is 6.42 Å². The second-order valence-corrected chi connectivity index (χ2v) is 6.72. The molecule has 112 valence electrons.